The highest BCUT2D eigenvalue weighted by atomic mass is 79.9. The first kappa shape index (κ1) is 16.6. The summed E-state index contributed by atoms with van der Waals surface area (Å²) in [5.74, 6) is -0.239. The van der Waals surface area contributed by atoms with Crippen molar-refractivity contribution in [3.8, 4) is 0 Å². The van der Waals surface area contributed by atoms with Crippen molar-refractivity contribution in [3.05, 3.63) is 35.6 Å². The van der Waals surface area contributed by atoms with Crippen LogP contribution in [0.2, 0.25) is 0 Å². The highest BCUT2D eigenvalue weighted by Crippen LogP contribution is 2.29. The standard InChI is InChI=1S/C15H22BrFO2/c1-3-4-9-18-10-11-19-15(2,12-16)13-7-5-6-8-14(13)17/h5-8H,3-4,9-12H2,1-2H3. The van der Waals surface area contributed by atoms with Crippen LogP contribution in [0.5, 0.6) is 0 Å². The van der Waals surface area contributed by atoms with E-state index in [2.05, 4.69) is 22.9 Å². The molecule has 0 amide bonds. The highest BCUT2D eigenvalue weighted by Gasteiger charge is 2.29. The van der Waals surface area contributed by atoms with Crippen LogP contribution in [0.1, 0.15) is 32.3 Å². The predicted molar refractivity (Wildman–Crippen MR) is 79.2 cm³/mol. The first-order chi connectivity index (χ1) is 9.14. The van der Waals surface area contributed by atoms with Gasteiger partial charge in [0.1, 0.15) is 11.4 Å². The summed E-state index contributed by atoms with van der Waals surface area (Å²) in [6, 6.07) is 6.72. The molecule has 0 aliphatic heterocycles. The van der Waals surface area contributed by atoms with Crippen LogP contribution in [0.4, 0.5) is 4.39 Å². The third kappa shape index (κ3) is 5.21. The second-order valence-electron chi connectivity index (χ2n) is 4.66. The summed E-state index contributed by atoms with van der Waals surface area (Å²) in [6.07, 6.45) is 2.18. The van der Waals surface area contributed by atoms with E-state index in [9.17, 15) is 4.39 Å². The number of alkyl halides is 1. The van der Waals surface area contributed by atoms with Crippen molar-refractivity contribution in [1.29, 1.82) is 0 Å². The molecular weight excluding hydrogens is 311 g/mol. The summed E-state index contributed by atoms with van der Waals surface area (Å²) in [5.41, 5.74) is -0.0974. The van der Waals surface area contributed by atoms with Crippen LogP contribution in [0, 0.1) is 5.82 Å². The number of ether oxygens (including phenoxy) is 2. The average molecular weight is 333 g/mol. The van der Waals surface area contributed by atoms with Crippen LogP contribution in [0.3, 0.4) is 0 Å². The minimum absolute atomic E-state index is 0.239. The summed E-state index contributed by atoms with van der Waals surface area (Å²) >= 11 is 3.40. The molecule has 0 N–H and O–H groups in total. The lowest BCUT2D eigenvalue weighted by Gasteiger charge is -2.28. The van der Waals surface area contributed by atoms with Gasteiger partial charge in [0.15, 0.2) is 0 Å². The van der Waals surface area contributed by atoms with Crippen molar-refractivity contribution in [1.82, 2.24) is 0 Å². The largest absolute Gasteiger partial charge is 0.379 e. The molecular formula is C15H22BrFO2. The Balaban J connectivity index is 2.49. The van der Waals surface area contributed by atoms with Crippen LogP contribution in [-0.2, 0) is 15.1 Å². The molecule has 0 fully saturated rings. The zero-order valence-corrected chi connectivity index (χ0v) is 13.2. The van der Waals surface area contributed by atoms with E-state index in [1.807, 2.05) is 13.0 Å². The van der Waals surface area contributed by atoms with E-state index >= 15 is 0 Å². The first-order valence-electron chi connectivity index (χ1n) is 6.66. The van der Waals surface area contributed by atoms with Crippen molar-refractivity contribution in [2.75, 3.05) is 25.2 Å². The quantitative estimate of drug-likeness (QED) is 0.496. The Morgan fingerprint density at radius 1 is 1.21 bits per heavy atom. The fraction of sp³-hybridized carbons (Fsp3) is 0.600. The van der Waals surface area contributed by atoms with E-state index in [4.69, 9.17) is 9.47 Å². The van der Waals surface area contributed by atoms with Crippen LogP contribution >= 0.6 is 15.9 Å². The predicted octanol–water partition coefficient (Wildman–Crippen LogP) is 4.27. The van der Waals surface area contributed by atoms with Crippen LogP contribution < -0.4 is 0 Å². The molecule has 0 aliphatic rings. The van der Waals surface area contributed by atoms with Crippen molar-refractivity contribution in [2.45, 2.75) is 32.3 Å². The average Bonchev–Trinajstić information content (AvgIpc) is 2.43. The van der Waals surface area contributed by atoms with Crippen molar-refractivity contribution < 1.29 is 13.9 Å². The molecule has 0 saturated carbocycles. The van der Waals surface area contributed by atoms with Gasteiger partial charge in [-0.1, -0.05) is 47.5 Å². The minimum atomic E-state index is -0.667. The number of rotatable bonds is 9. The maximum Gasteiger partial charge on any atom is 0.129 e. The molecule has 0 saturated heterocycles. The molecule has 108 valence electrons. The molecule has 2 nitrogen and oxygen atoms in total. The second kappa shape index (κ2) is 8.67. The molecule has 0 bridgehead atoms. The Morgan fingerprint density at radius 3 is 2.58 bits per heavy atom. The lowest BCUT2D eigenvalue weighted by Crippen LogP contribution is -2.30. The normalized spacial score (nSPS) is 14.3. The SMILES string of the molecule is CCCCOCCOC(C)(CBr)c1ccccc1F. The summed E-state index contributed by atoms with van der Waals surface area (Å²) in [7, 11) is 0. The van der Waals surface area contributed by atoms with Gasteiger partial charge >= 0.3 is 0 Å². The van der Waals surface area contributed by atoms with Gasteiger partial charge in [0.25, 0.3) is 0 Å². The Bertz CT molecular complexity index is 373. The van der Waals surface area contributed by atoms with Crippen molar-refractivity contribution >= 4 is 15.9 Å². The van der Waals surface area contributed by atoms with Gasteiger partial charge in [-0.3, -0.25) is 0 Å². The second-order valence-corrected chi connectivity index (χ2v) is 5.22. The number of benzene rings is 1. The summed E-state index contributed by atoms with van der Waals surface area (Å²) in [5, 5.41) is 0.538. The summed E-state index contributed by atoms with van der Waals surface area (Å²) in [4.78, 5) is 0. The summed E-state index contributed by atoms with van der Waals surface area (Å²) in [6.45, 7) is 5.76. The first-order valence-corrected chi connectivity index (χ1v) is 7.79. The molecule has 1 aromatic rings. The monoisotopic (exact) mass is 332 g/mol. The van der Waals surface area contributed by atoms with Gasteiger partial charge < -0.3 is 9.47 Å². The topological polar surface area (TPSA) is 18.5 Å². The van der Waals surface area contributed by atoms with Gasteiger partial charge in [-0.15, -0.1) is 0 Å². The van der Waals surface area contributed by atoms with Gasteiger partial charge in [0.2, 0.25) is 0 Å². The molecule has 0 aromatic heterocycles. The number of hydrogen-bond donors (Lipinski definition) is 0. The van der Waals surface area contributed by atoms with E-state index in [-0.39, 0.29) is 5.82 Å². The van der Waals surface area contributed by atoms with Gasteiger partial charge in [-0.2, -0.15) is 0 Å². The molecule has 0 spiro atoms. The Hall–Kier alpha value is -0.450. The maximum atomic E-state index is 13.8. The zero-order chi connectivity index (χ0) is 14.1. The van der Waals surface area contributed by atoms with Crippen molar-refractivity contribution in [2.24, 2.45) is 0 Å². The highest BCUT2D eigenvalue weighted by molar-refractivity contribution is 9.09. The number of unbranched alkanes of at least 4 members (excludes halogenated alkanes) is 1. The van der Waals surface area contributed by atoms with Crippen LogP contribution in [-0.4, -0.2) is 25.2 Å². The lowest BCUT2D eigenvalue weighted by atomic mass is 9.97. The molecule has 1 atom stereocenters. The molecule has 1 aromatic carbocycles. The summed E-state index contributed by atoms with van der Waals surface area (Å²) < 4.78 is 25.1. The van der Waals surface area contributed by atoms with Gasteiger partial charge in [-0.05, 0) is 19.4 Å². The Morgan fingerprint density at radius 2 is 1.95 bits per heavy atom. The van der Waals surface area contributed by atoms with E-state index in [1.54, 1.807) is 12.1 Å². The van der Waals surface area contributed by atoms with E-state index in [0.717, 1.165) is 19.4 Å². The minimum Gasteiger partial charge on any atom is -0.379 e. The molecule has 0 heterocycles. The Labute approximate surface area is 123 Å². The molecule has 0 aliphatic carbocycles. The molecule has 4 heteroatoms. The van der Waals surface area contributed by atoms with Crippen LogP contribution in [0.25, 0.3) is 0 Å². The zero-order valence-electron chi connectivity index (χ0n) is 11.6. The third-order valence-electron chi connectivity index (χ3n) is 2.99. The fourth-order valence-electron chi connectivity index (χ4n) is 1.75. The van der Waals surface area contributed by atoms with Gasteiger partial charge in [0.05, 0.1) is 13.2 Å². The van der Waals surface area contributed by atoms with Crippen molar-refractivity contribution in [3.63, 3.8) is 0 Å². The molecule has 1 rings (SSSR count). The number of halogens is 2. The van der Waals surface area contributed by atoms with Crippen LogP contribution in [0.15, 0.2) is 24.3 Å². The van der Waals surface area contributed by atoms with E-state index in [0.29, 0.717) is 24.1 Å². The maximum absolute atomic E-state index is 13.8. The molecule has 19 heavy (non-hydrogen) atoms. The van der Waals surface area contributed by atoms with Gasteiger partial charge in [-0.25, -0.2) is 4.39 Å². The Kier molecular flexibility index (Phi) is 7.57. The molecule has 1 unspecified atom stereocenters. The van der Waals surface area contributed by atoms with E-state index < -0.39 is 5.60 Å². The molecule has 0 radical (unpaired) electrons. The number of hydrogen-bond acceptors (Lipinski definition) is 2. The smallest absolute Gasteiger partial charge is 0.129 e. The third-order valence-corrected chi connectivity index (χ3v) is 4.06. The van der Waals surface area contributed by atoms with Gasteiger partial charge in [0, 0.05) is 17.5 Å². The fourth-order valence-corrected chi connectivity index (χ4v) is 2.22. The lowest BCUT2D eigenvalue weighted by molar-refractivity contribution is -0.0478. The van der Waals surface area contributed by atoms with E-state index in [1.165, 1.54) is 6.07 Å².